The molecule has 0 spiro atoms. The number of unbranched alkanes of at least 4 members (excludes halogenated alkanes) is 2. The second kappa shape index (κ2) is 21.9. The van der Waals surface area contributed by atoms with E-state index in [9.17, 15) is 9.59 Å². The van der Waals surface area contributed by atoms with Crippen LogP contribution in [0.4, 0.5) is 0 Å². The van der Waals surface area contributed by atoms with E-state index in [4.69, 9.17) is 9.47 Å². The van der Waals surface area contributed by atoms with Gasteiger partial charge in [-0.25, -0.2) is 4.79 Å². The molecule has 0 aliphatic carbocycles. The minimum Gasteiger partial charge on any atom is -0.463 e. The van der Waals surface area contributed by atoms with Gasteiger partial charge in [0.1, 0.15) is 0 Å². The van der Waals surface area contributed by atoms with E-state index in [0.29, 0.717) is 12.8 Å². The summed E-state index contributed by atoms with van der Waals surface area (Å²) < 4.78 is 10.3. The summed E-state index contributed by atoms with van der Waals surface area (Å²) in [6.07, 6.45) is 29.0. The van der Waals surface area contributed by atoms with Crippen molar-refractivity contribution in [1.29, 1.82) is 0 Å². The Balaban J connectivity index is 3.82. The predicted molar refractivity (Wildman–Crippen MR) is 134 cm³/mol. The van der Waals surface area contributed by atoms with E-state index in [2.05, 4.69) is 67.7 Å². The molecule has 0 rings (SSSR count). The molecule has 1 atom stereocenters. The van der Waals surface area contributed by atoms with Gasteiger partial charge in [-0.3, -0.25) is 4.79 Å². The Morgan fingerprint density at radius 2 is 1.19 bits per heavy atom. The molecule has 0 heterocycles. The van der Waals surface area contributed by atoms with Crippen LogP contribution in [-0.2, 0) is 19.1 Å². The molecule has 4 heteroatoms. The highest BCUT2D eigenvalue weighted by Crippen LogP contribution is 2.11. The van der Waals surface area contributed by atoms with E-state index in [0.717, 1.165) is 32.1 Å². The van der Waals surface area contributed by atoms with Gasteiger partial charge in [-0.1, -0.05) is 88.0 Å². The normalized spacial score (nSPS) is 13.4. The molecular formula is C28H44O4. The molecule has 0 aromatic carbocycles. The van der Waals surface area contributed by atoms with Crippen molar-refractivity contribution in [3.8, 4) is 0 Å². The second-order valence-corrected chi connectivity index (χ2v) is 7.89. The van der Waals surface area contributed by atoms with Crippen LogP contribution in [0.2, 0.25) is 0 Å². The minimum atomic E-state index is -0.819. The van der Waals surface area contributed by atoms with E-state index in [1.54, 1.807) is 6.92 Å². The third kappa shape index (κ3) is 18.4. The summed E-state index contributed by atoms with van der Waals surface area (Å²) in [6.45, 7) is 7.89. The van der Waals surface area contributed by atoms with Crippen molar-refractivity contribution in [2.75, 3.05) is 6.61 Å². The van der Waals surface area contributed by atoms with Gasteiger partial charge < -0.3 is 9.47 Å². The van der Waals surface area contributed by atoms with Gasteiger partial charge in [0.25, 0.3) is 0 Å². The summed E-state index contributed by atoms with van der Waals surface area (Å²) in [5, 5.41) is 0. The van der Waals surface area contributed by atoms with Crippen molar-refractivity contribution in [2.24, 2.45) is 5.92 Å². The third-order valence-electron chi connectivity index (χ3n) is 4.51. The van der Waals surface area contributed by atoms with E-state index in [1.807, 2.05) is 13.8 Å². The van der Waals surface area contributed by atoms with E-state index < -0.39 is 12.1 Å². The highest BCUT2D eigenvalue weighted by Gasteiger charge is 2.27. The van der Waals surface area contributed by atoms with Gasteiger partial charge >= 0.3 is 11.9 Å². The van der Waals surface area contributed by atoms with Crippen molar-refractivity contribution >= 4 is 11.9 Å². The zero-order valence-electron chi connectivity index (χ0n) is 20.6. The summed E-state index contributed by atoms with van der Waals surface area (Å²) >= 11 is 0. The summed E-state index contributed by atoms with van der Waals surface area (Å²) in [5.41, 5.74) is 0. The van der Waals surface area contributed by atoms with Crippen LogP contribution in [0.25, 0.3) is 0 Å². The molecule has 0 N–H and O–H groups in total. The number of carbonyl (C=O) groups excluding carboxylic acids is 2. The highest BCUT2D eigenvalue weighted by atomic mass is 16.6. The lowest BCUT2D eigenvalue weighted by Crippen LogP contribution is -2.33. The SMILES string of the molecule is CCC/C=C\C/C=C\C/C=C\C/C=C\C/C=C\CCCC(=O)OC(C(=O)OCC)C(C)C. The van der Waals surface area contributed by atoms with Crippen molar-refractivity contribution in [3.63, 3.8) is 0 Å². The number of esters is 2. The first-order valence-corrected chi connectivity index (χ1v) is 12.1. The Kier molecular flexibility index (Phi) is 20.2. The van der Waals surface area contributed by atoms with Gasteiger partial charge in [0.05, 0.1) is 6.61 Å². The zero-order valence-corrected chi connectivity index (χ0v) is 20.6. The van der Waals surface area contributed by atoms with Crippen LogP contribution in [0, 0.1) is 5.92 Å². The Bertz CT molecular complexity index is 623. The van der Waals surface area contributed by atoms with Crippen LogP contribution >= 0.6 is 0 Å². The van der Waals surface area contributed by atoms with E-state index in [-0.39, 0.29) is 18.5 Å². The maximum absolute atomic E-state index is 12.0. The topological polar surface area (TPSA) is 52.6 Å². The van der Waals surface area contributed by atoms with Crippen LogP contribution < -0.4 is 0 Å². The molecule has 180 valence electrons. The Morgan fingerprint density at radius 1 is 0.719 bits per heavy atom. The van der Waals surface area contributed by atoms with Gasteiger partial charge in [-0.2, -0.15) is 0 Å². The third-order valence-corrected chi connectivity index (χ3v) is 4.51. The molecule has 4 nitrogen and oxygen atoms in total. The van der Waals surface area contributed by atoms with Crippen molar-refractivity contribution in [1.82, 2.24) is 0 Å². The molecule has 1 unspecified atom stereocenters. The molecule has 0 aliphatic rings. The fraction of sp³-hybridized carbons (Fsp3) is 0.571. The summed E-state index contributed by atoms with van der Waals surface area (Å²) in [5.74, 6) is -0.919. The molecule has 0 fully saturated rings. The molecule has 0 amide bonds. The number of ether oxygens (including phenoxy) is 2. The predicted octanol–water partition coefficient (Wildman–Crippen LogP) is 7.43. The number of hydrogen-bond donors (Lipinski definition) is 0. The standard InChI is InChI=1S/C28H44O4/c1-5-7-8-9-10-11-12-13-14-15-16-17-18-19-20-21-22-23-24-26(29)32-27(25(3)4)28(30)31-6-2/h8-9,11-12,14-15,17-18,20-21,25,27H,5-7,10,13,16,19,22-24H2,1-4H3/b9-8-,12-11-,15-14-,18-17-,21-20-. The van der Waals surface area contributed by atoms with Gasteiger partial charge in [0.2, 0.25) is 6.10 Å². The van der Waals surface area contributed by atoms with Gasteiger partial charge in [0, 0.05) is 12.3 Å². The maximum Gasteiger partial charge on any atom is 0.347 e. The number of carbonyl (C=O) groups is 2. The first-order chi connectivity index (χ1) is 15.5. The lowest BCUT2D eigenvalue weighted by molar-refractivity contribution is -0.170. The minimum absolute atomic E-state index is 0.103. The van der Waals surface area contributed by atoms with Gasteiger partial charge in [0.15, 0.2) is 0 Å². The van der Waals surface area contributed by atoms with Crippen LogP contribution in [0.1, 0.15) is 85.5 Å². The monoisotopic (exact) mass is 444 g/mol. The fourth-order valence-corrected chi connectivity index (χ4v) is 2.73. The Morgan fingerprint density at radius 3 is 1.62 bits per heavy atom. The maximum atomic E-state index is 12.0. The first-order valence-electron chi connectivity index (χ1n) is 12.1. The summed E-state index contributed by atoms with van der Waals surface area (Å²) in [4.78, 5) is 23.8. The molecule has 0 radical (unpaired) electrons. The van der Waals surface area contributed by atoms with Crippen molar-refractivity contribution in [2.45, 2.75) is 91.6 Å². The molecule has 0 aromatic rings. The molecule has 0 aliphatic heterocycles. The molecule has 32 heavy (non-hydrogen) atoms. The molecule has 0 aromatic heterocycles. The van der Waals surface area contributed by atoms with E-state index >= 15 is 0 Å². The molecule has 0 bridgehead atoms. The van der Waals surface area contributed by atoms with Crippen molar-refractivity contribution < 1.29 is 19.1 Å². The number of hydrogen-bond acceptors (Lipinski definition) is 4. The summed E-state index contributed by atoms with van der Waals surface area (Å²) in [7, 11) is 0. The average molecular weight is 445 g/mol. The van der Waals surface area contributed by atoms with Crippen LogP contribution in [0.3, 0.4) is 0 Å². The van der Waals surface area contributed by atoms with E-state index in [1.165, 1.54) is 12.8 Å². The molecular weight excluding hydrogens is 400 g/mol. The van der Waals surface area contributed by atoms with Crippen LogP contribution in [0.15, 0.2) is 60.8 Å². The largest absolute Gasteiger partial charge is 0.463 e. The number of rotatable bonds is 18. The lowest BCUT2D eigenvalue weighted by Gasteiger charge is -2.19. The average Bonchev–Trinajstić information content (AvgIpc) is 2.76. The number of allylic oxidation sites excluding steroid dienone is 10. The highest BCUT2D eigenvalue weighted by molar-refractivity contribution is 5.79. The second-order valence-electron chi connectivity index (χ2n) is 7.89. The van der Waals surface area contributed by atoms with Gasteiger partial charge in [-0.05, 0) is 51.9 Å². The Hall–Kier alpha value is -2.36. The quantitative estimate of drug-likeness (QED) is 0.125. The van der Waals surface area contributed by atoms with Gasteiger partial charge in [-0.15, -0.1) is 0 Å². The van der Waals surface area contributed by atoms with Crippen molar-refractivity contribution in [3.05, 3.63) is 60.8 Å². The Labute approximate surface area is 196 Å². The molecule has 0 saturated heterocycles. The zero-order chi connectivity index (χ0) is 23.9. The lowest BCUT2D eigenvalue weighted by atomic mass is 10.1. The first kappa shape index (κ1) is 29.6. The molecule has 0 saturated carbocycles. The smallest absolute Gasteiger partial charge is 0.347 e. The van der Waals surface area contributed by atoms with Crippen LogP contribution in [-0.4, -0.2) is 24.6 Å². The van der Waals surface area contributed by atoms with Crippen LogP contribution in [0.5, 0.6) is 0 Å². The summed E-state index contributed by atoms with van der Waals surface area (Å²) in [6, 6.07) is 0. The fourth-order valence-electron chi connectivity index (χ4n) is 2.73.